The molecular weight excluding hydrogens is 326 g/mol. The quantitative estimate of drug-likeness (QED) is 0.587. The summed E-state index contributed by atoms with van der Waals surface area (Å²) in [6.07, 6.45) is 0. The van der Waals surface area contributed by atoms with Crippen molar-refractivity contribution in [2.45, 2.75) is 4.90 Å². The van der Waals surface area contributed by atoms with E-state index in [4.69, 9.17) is 14.2 Å². The van der Waals surface area contributed by atoms with Crippen molar-refractivity contribution in [3.63, 3.8) is 0 Å². The van der Waals surface area contributed by atoms with Crippen molar-refractivity contribution < 1.29 is 19.0 Å². The number of carbonyl (C=O) groups excluding carboxylic acids is 1. The summed E-state index contributed by atoms with van der Waals surface area (Å²) in [5, 5.41) is 2.90. The first-order valence-electron chi connectivity index (χ1n) is 7.45. The molecule has 0 aliphatic heterocycles. The first-order chi connectivity index (χ1) is 11.7. The number of methoxy groups -OCH3 is 3. The Labute approximate surface area is 146 Å². The van der Waals surface area contributed by atoms with Gasteiger partial charge in [0.15, 0.2) is 11.5 Å². The number of thioether (sulfide) groups is 1. The number of hydrogen-bond donors (Lipinski definition) is 1. The van der Waals surface area contributed by atoms with Crippen LogP contribution in [0.2, 0.25) is 0 Å². The smallest absolute Gasteiger partial charge is 0.255 e. The van der Waals surface area contributed by atoms with Crippen molar-refractivity contribution in [3.05, 3.63) is 48.0 Å². The van der Waals surface area contributed by atoms with Gasteiger partial charge in [-0.15, -0.1) is 11.8 Å². The van der Waals surface area contributed by atoms with Crippen molar-refractivity contribution in [1.29, 1.82) is 0 Å². The monoisotopic (exact) mass is 347 g/mol. The minimum atomic E-state index is -0.207. The lowest BCUT2D eigenvalue weighted by Gasteiger charge is -2.14. The number of carbonyl (C=O) groups is 1. The molecule has 0 heterocycles. The molecule has 5 nitrogen and oxygen atoms in total. The number of hydrogen-bond acceptors (Lipinski definition) is 5. The Morgan fingerprint density at radius 2 is 1.58 bits per heavy atom. The Morgan fingerprint density at radius 3 is 2.21 bits per heavy atom. The average molecular weight is 347 g/mol. The van der Waals surface area contributed by atoms with Crippen LogP contribution in [0.15, 0.2) is 47.4 Å². The van der Waals surface area contributed by atoms with E-state index in [-0.39, 0.29) is 5.91 Å². The highest BCUT2D eigenvalue weighted by molar-refractivity contribution is 7.99. The van der Waals surface area contributed by atoms with Crippen LogP contribution in [0.5, 0.6) is 17.2 Å². The Bertz CT molecular complexity index is 676. The number of ether oxygens (including phenoxy) is 3. The second-order valence-electron chi connectivity index (χ2n) is 4.82. The van der Waals surface area contributed by atoms with E-state index in [2.05, 4.69) is 5.32 Å². The minimum Gasteiger partial charge on any atom is -0.496 e. The van der Waals surface area contributed by atoms with Gasteiger partial charge in [0.2, 0.25) is 0 Å². The first-order valence-corrected chi connectivity index (χ1v) is 8.44. The van der Waals surface area contributed by atoms with Crippen molar-refractivity contribution in [2.75, 3.05) is 33.6 Å². The molecule has 0 spiro atoms. The van der Waals surface area contributed by atoms with E-state index in [0.717, 1.165) is 5.75 Å². The number of rotatable bonds is 8. The van der Waals surface area contributed by atoms with Crippen LogP contribution in [0.4, 0.5) is 0 Å². The fourth-order valence-corrected chi connectivity index (χ4v) is 2.94. The molecule has 2 aromatic rings. The zero-order valence-electron chi connectivity index (χ0n) is 14.0. The van der Waals surface area contributed by atoms with Gasteiger partial charge in [0.1, 0.15) is 5.75 Å². The summed E-state index contributed by atoms with van der Waals surface area (Å²) in [6, 6.07) is 13.3. The molecule has 24 heavy (non-hydrogen) atoms. The minimum absolute atomic E-state index is 0.207. The summed E-state index contributed by atoms with van der Waals surface area (Å²) in [6.45, 7) is 0.551. The van der Waals surface area contributed by atoms with E-state index in [1.165, 1.54) is 26.2 Å². The zero-order valence-corrected chi connectivity index (χ0v) is 14.8. The van der Waals surface area contributed by atoms with Crippen LogP contribution in [0.25, 0.3) is 0 Å². The van der Waals surface area contributed by atoms with E-state index >= 15 is 0 Å². The van der Waals surface area contributed by atoms with E-state index in [1.807, 2.05) is 30.3 Å². The second kappa shape index (κ2) is 9.08. The molecule has 0 bridgehead atoms. The summed E-state index contributed by atoms with van der Waals surface area (Å²) in [4.78, 5) is 13.6. The predicted molar refractivity (Wildman–Crippen MR) is 95.6 cm³/mol. The van der Waals surface area contributed by atoms with Crippen molar-refractivity contribution in [3.8, 4) is 17.2 Å². The fraction of sp³-hybridized carbons (Fsp3) is 0.278. The molecule has 6 heteroatoms. The van der Waals surface area contributed by atoms with Gasteiger partial charge in [-0.1, -0.05) is 18.2 Å². The molecular formula is C18H21NO4S. The number of nitrogens with one attached hydrogen (secondary N) is 1. The van der Waals surface area contributed by atoms with Gasteiger partial charge in [0.25, 0.3) is 5.91 Å². The third-order valence-electron chi connectivity index (χ3n) is 3.35. The van der Waals surface area contributed by atoms with Crippen molar-refractivity contribution >= 4 is 17.7 Å². The second-order valence-corrected chi connectivity index (χ2v) is 5.99. The van der Waals surface area contributed by atoms with E-state index in [0.29, 0.717) is 29.4 Å². The van der Waals surface area contributed by atoms with Gasteiger partial charge in [-0.3, -0.25) is 4.79 Å². The molecule has 2 aromatic carbocycles. The van der Waals surface area contributed by atoms with Gasteiger partial charge in [-0.25, -0.2) is 0 Å². The van der Waals surface area contributed by atoms with Gasteiger partial charge in [-0.2, -0.15) is 0 Å². The standard InChI is InChI=1S/C18H21NO4S/c1-21-15-12-17(23-3)16(22-2)11-14(15)18(20)19-9-10-24-13-7-5-4-6-8-13/h4-8,11-12H,9-10H2,1-3H3,(H,19,20). The third kappa shape index (κ3) is 4.58. The predicted octanol–water partition coefficient (Wildman–Crippen LogP) is 3.23. The molecule has 0 aromatic heterocycles. The average Bonchev–Trinajstić information content (AvgIpc) is 2.64. The van der Waals surface area contributed by atoms with Crippen LogP contribution in [0.3, 0.4) is 0 Å². The molecule has 0 unspecified atom stereocenters. The largest absolute Gasteiger partial charge is 0.496 e. The lowest BCUT2D eigenvalue weighted by molar-refractivity contribution is 0.0952. The summed E-state index contributed by atoms with van der Waals surface area (Å²) in [5.74, 6) is 2.03. The summed E-state index contributed by atoms with van der Waals surface area (Å²) in [5.41, 5.74) is 0.417. The maximum Gasteiger partial charge on any atom is 0.255 e. The topological polar surface area (TPSA) is 56.8 Å². The highest BCUT2D eigenvalue weighted by atomic mass is 32.2. The molecule has 2 rings (SSSR count). The number of benzene rings is 2. The normalized spacial score (nSPS) is 10.1. The zero-order chi connectivity index (χ0) is 17.4. The Morgan fingerprint density at radius 1 is 0.958 bits per heavy atom. The molecule has 0 aliphatic carbocycles. The van der Waals surface area contributed by atoms with Crippen LogP contribution < -0.4 is 19.5 Å². The number of amides is 1. The Balaban J connectivity index is 1.98. The van der Waals surface area contributed by atoms with Crippen molar-refractivity contribution in [1.82, 2.24) is 5.32 Å². The van der Waals surface area contributed by atoms with Gasteiger partial charge in [-0.05, 0) is 12.1 Å². The lowest BCUT2D eigenvalue weighted by Crippen LogP contribution is -2.26. The van der Waals surface area contributed by atoms with Crippen LogP contribution in [-0.4, -0.2) is 39.5 Å². The highest BCUT2D eigenvalue weighted by Crippen LogP contribution is 2.34. The summed E-state index contributed by atoms with van der Waals surface area (Å²) in [7, 11) is 4.59. The fourth-order valence-electron chi connectivity index (χ4n) is 2.15. The molecule has 0 saturated heterocycles. The first kappa shape index (κ1) is 18.0. The third-order valence-corrected chi connectivity index (χ3v) is 4.36. The molecule has 0 atom stereocenters. The molecule has 0 saturated carbocycles. The van der Waals surface area contributed by atoms with Gasteiger partial charge in [0, 0.05) is 29.3 Å². The molecule has 1 amide bonds. The van der Waals surface area contributed by atoms with Gasteiger partial charge >= 0.3 is 0 Å². The molecule has 1 N–H and O–H groups in total. The maximum absolute atomic E-state index is 12.4. The van der Waals surface area contributed by atoms with Crippen LogP contribution in [0, 0.1) is 0 Å². The summed E-state index contributed by atoms with van der Waals surface area (Å²) >= 11 is 1.69. The molecule has 0 radical (unpaired) electrons. The van der Waals surface area contributed by atoms with E-state index < -0.39 is 0 Å². The lowest BCUT2D eigenvalue weighted by atomic mass is 10.1. The molecule has 128 valence electrons. The molecule has 0 fully saturated rings. The van der Waals surface area contributed by atoms with E-state index in [1.54, 1.807) is 23.9 Å². The van der Waals surface area contributed by atoms with Crippen molar-refractivity contribution in [2.24, 2.45) is 0 Å². The van der Waals surface area contributed by atoms with Crippen LogP contribution in [-0.2, 0) is 0 Å². The molecule has 0 aliphatic rings. The van der Waals surface area contributed by atoms with E-state index in [9.17, 15) is 4.79 Å². The highest BCUT2D eigenvalue weighted by Gasteiger charge is 2.17. The van der Waals surface area contributed by atoms with Crippen LogP contribution >= 0.6 is 11.8 Å². The Kier molecular flexibility index (Phi) is 6.81. The Hall–Kier alpha value is -2.34. The van der Waals surface area contributed by atoms with Crippen LogP contribution in [0.1, 0.15) is 10.4 Å². The van der Waals surface area contributed by atoms with Gasteiger partial charge in [0.05, 0.1) is 26.9 Å². The summed E-state index contributed by atoms with van der Waals surface area (Å²) < 4.78 is 15.7. The SMILES string of the molecule is COc1cc(OC)c(C(=O)NCCSc2ccccc2)cc1OC. The maximum atomic E-state index is 12.4. The van der Waals surface area contributed by atoms with Gasteiger partial charge < -0.3 is 19.5 Å².